The maximum atomic E-state index is 13.7. The van der Waals surface area contributed by atoms with Crippen LogP contribution in [0.4, 0.5) is 5.69 Å². The van der Waals surface area contributed by atoms with Gasteiger partial charge in [-0.05, 0) is 94.0 Å². The monoisotopic (exact) mass is 592 g/mol. The Balaban J connectivity index is 1.11. The number of carbonyl (C=O) groups excluding carboxylic acids is 2. The molecule has 1 amide bonds. The van der Waals surface area contributed by atoms with Crippen LogP contribution in [0.3, 0.4) is 0 Å². The molecule has 6 rings (SSSR count). The van der Waals surface area contributed by atoms with E-state index in [1.54, 1.807) is 0 Å². The molecule has 1 saturated heterocycles. The summed E-state index contributed by atoms with van der Waals surface area (Å²) in [7, 11) is 0. The Labute approximate surface area is 257 Å². The first-order chi connectivity index (χ1) is 20.7. The standard InChI is InChI=1S/C35H52N4O4/c1-23-31-27(21-35(2,3)22-29(31)40)36-32(23)33(41)37-26(14-13-24-11-12-24)34(42)39-19-15-25-28(39)9-7-10-30(25)43-20-8-18-38-16-5-4-6-17-38/h7,9-10,24,26-27,31,34,36,42H,4-6,8,11-22H2,1-3H3,(H,37,41). The summed E-state index contributed by atoms with van der Waals surface area (Å²) in [6, 6.07) is 5.68. The Bertz CT molecular complexity index is 1220. The number of ether oxygens (including phenoxy) is 1. The molecule has 4 atom stereocenters. The molecule has 3 aliphatic heterocycles. The van der Waals surface area contributed by atoms with Crippen molar-refractivity contribution in [3.8, 4) is 5.75 Å². The van der Waals surface area contributed by atoms with Crippen molar-refractivity contribution in [1.29, 1.82) is 0 Å². The average Bonchev–Trinajstić information content (AvgIpc) is 3.61. The highest BCUT2D eigenvalue weighted by atomic mass is 16.5. The fourth-order valence-electron chi connectivity index (χ4n) is 8.03. The van der Waals surface area contributed by atoms with Gasteiger partial charge in [-0.15, -0.1) is 0 Å². The van der Waals surface area contributed by atoms with Gasteiger partial charge in [0.25, 0.3) is 5.91 Å². The van der Waals surface area contributed by atoms with Crippen LogP contribution in [-0.2, 0) is 16.0 Å². The lowest BCUT2D eigenvalue weighted by Gasteiger charge is -2.37. The minimum atomic E-state index is -0.844. The predicted molar refractivity (Wildman–Crippen MR) is 169 cm³/mol. The third-order valence-electron chi connectivity index (χ3n) is 10.5. The summed E-state index contributed by atoms with van der Waals surface area (Å²) in [5, 5.41) is 18.4. The minimum absolute atomic E-state index is 0.0319. The molecule has 5 aliphatic rings. The number of benzene rings is 1. The van der Waals surface area contributed by atoms with Gasteiger partial charge in [0.1, 0.15) is 17.8 Å². The molecule has 2 aliphatic carbocycles. The third kappa shape index (κ3) is 6.90. The summed E-state index contributed by atoms with van der Waals surface area (Å²) in [5.41, 5.74) is 3.44. The lowest BCUT2D eigenvalue weighted by Crippen LogP contribution is -2.53. The van der Waals surface area contributed by atoms with Crippen molar-refractivity contribution in [2.75, 3.05) is 37.7 Å². The van der Waals surface area contributed by atoms with E-state index in [0.717, 1.165) is 61.2 Å². The van der Waals surface area contributed by atoms with Gasteiger partial charge in [-0.25, -0.2) is 0 Å². The van der Waals surface area contributed by atoms with Gasteiger partial charge in [0.15, 0.2) is 0 Å². The van der Waals surface area contributed by atoms with Gasteiger partial charge >= 0.3 is 0 Å². The van der Waals surface area contributed by atoms with Crippen LogP contribution in [0.5, 0.6) is 5.75 Å². The summed E-state index contributed by atoms with van der Waals surface area (Å²) < 4.78 is 6.28. The van der Waals surface area contributed by atoms with Crippen molar-refractivity contribution in [1.82, 2.24) is 15.5 Å². The number of piperidine rings is 1. The van der Waals surface area contributed by atoms with Crippen molar-refractivity contribution in [2.45, 2.75) is 110 Å². The largest absolute Gasteiger partial charge is 0.493 e. The van der Waals surface area contributed by atoms with Gasteiger partial charge in [0.05, 0.1) is 24.3 Å². The fraction of sp³-hybridized carbons (Fsp3) is 0.714. The van der Waals surface area contributed by atoms with E-state index in [1.165, 1.54) is 45.2 Å². The molecule has 2 saturated carbocycles. The van der Waals surface area contributed by atoms with Crippen molar-refractivity contribution in [3.05, 3.63) is 35.0 Å². The number of Topliss-reactive ketones (excluding diaryl/α,β-unsaturated/α-hetero) is 1. The van der Waals surface area contributed by atoms with Crippen LogP contribution in [0.1, 0.15) is 90.5 Å². The number of hydrogen-bond donors (Lipinski definition) is 3. The Hall–Kier alpha value is -2.58. The molecule has 43 heavy (non-hydrogen) atoms. The van der Waals surface area contributed by atoms with Crippen LogP contribution in [0.15, 0.2) is 29.5 Å². The number of fused-ring (bicyclic) bond motifs is 2. The Kier molecular flexibility index (Phi) is 9.06. The summed E-state index contributed by atoms with van der Waals surface area (Å²) >= 11 is 0. The van der Waals surface area contributed by atoms with Gasteiger partial charge < -0.3 is 30.3 Å². The van der Waals surface area contributed by atoms with Crippen molar-refractivity contribution in [2.24, 2.45) is 17.3 Å². The summed E-state index contributed by atoms with van der Waals surface area (Å²) in [6.45, 7) is 11.0. The van der Waals surface area contributed by atoms with E-state index in [0.29, 0.717) is 31.2 Å². The van der Waals surface area contributed by atoms with Crippen LogP contribution in [-0.4, -0.2) is 72.8 Å². The minimum Gasteiger partial charge on any atom is -0.493 e. The Morgan fingerprint density at radius 2 is 1.98 bits per heavy atom. The summed E-state index contributed by atoms with van der Waals surface area (Å²) in [6.07, 6.45) is 10.5. The smallest absolute Gasteiger partial charge is 0.267 e. The topological polar surface area (TPSA) is 94.1 Å². The molecule has 1 aromatic carbocycles. The first-order valence-corrected chi connectivity index (χ1v) is 16.9. The lowest BCUT2D eigenvalue weighted by atomic mass is 9.69. The van der Waals surface area contributed by atoms with E-state index in [-0.39, 0.29) is 29.1 Å². The van der Waals surface area contributed by atoms with Crippen LogP contribution in [0.25, 0.3) is 0 Å². The first-order valence-electron chi connectivity index (χ1n) is 16.9. The number of aliphatic hydroxyl groups excluding tert-OH is 1. The molecule has 8 nitrogen and oxygen atoms in total. The normalized spacial score (nSPS) is 26.5. The maximum absolute atomic E-state index is 13.7. The van der Waals surface area contributed by atoms with Gasteiger partial charge in [-0.2, -0.15) is 0 Å². The molecule has 0 radical (unpaired) electrons. The third-order valence-corrected chi connectivity index (χ3v) is 10.5. The number of nitrogens with one attached hydrogen (secondary N) is 2. The van der Waals surface area contributed by atoms with Gasteiger partial charge in [-0.1, -0.05) is 39.2 Å². The number of carbonyl (C=O) groups is 2. The molecule has 0 bridgehead atoms. The van der Waals surface area contributed by atoms with Gasteiger partial charge in [0, 0.05) is 36.8 Å². The first kappa shape index (κ1) is 30.4. The zero-order valence-electron chi connectivity index (χ0n) is 26.5. The average molecular weight is 593 g/mol. The van der Waals surface area contributed by atoms with Gasteiger partial charge in [-0.3, -0.25) is 9.59 Å². The maximum Gasteiger partial charge on any atom is 0.267 e. The number of ketones is 1. The molecule has 1 aromatic rings. The molecule has 3 fully saturated rings. The fourth-order valence-corrected chi connectivity index (χ4v) is 8.03. The highest BCUT2D eigenvalue weighted by Gasteiger charge is 2.47. The van der Waals surface area contributed by atoms with E-state index in [2.05, 4.69) is 35.4 Å². The van der Waals surface area contributed by atoms with Gasteiger partial charge in [0.2, 0.25) is 0 Å². The SMILES string of the molecule is CC1=C(C(=O)NC(CCC2CC2)C(O)N2CCc3c(OCCCN4CCCCC4)cccc32)NC2CC(C)(C)CC(=O)C12. The molecular weight excluding hydrogens is 540 g/mol. The molecule has 4 unspecified atom stereocenters. The van der Waals surface area contributed by atoms with E-state index in [1.807, 2.05) is 24.0 Å². The molecule has 236 valence electrons. The van der Waals surface area contributed by atoms with Crippen LogP contribution < -0.4 is 20.3 Å². The molecule has 0 spiro atoms. The molecule has 3 heterocycles. The second-order valence-corrected chi connectivity index (χ2v) is 14.6. The number of likely N-dealkylation sites (tertiary alicyclic amines) is 1. The Morgan fingerprint density at radius 1 is 1.19 bits per heavy atom. The highest BCUT2D eigenvalue weighted by molar-refractivity contribution is 5.98. The van der Waals surface area contributed by atoms with Crippen LogP contribution in [0, 0.1) is 17.3 Å². The van der Waals surface area contributed by atoms with Crippen molar-refractivity contribution < 1.29 is 19.4 Å². The number of amides is 1. The number of nitrogens with zero attached hydrogens (tertiary/aromatic N) is 2. The van der Waals surface area contributed by atoms with E-state index < -0.39 is 12.3 Å². The Morgan fingerprint density at radius 3 is 2.74 bits per heavy atom. The molecule has 8 heteroatoms. The van der Waals surface area contributed by atoms with E-state index >= 15 is 0 Å². The molecule has 0 aromatic heterocycles. The highest BCUT2D eigenvalue weighted by Crippen LogP contribution is 2.43. The molecular formula is C35H52N4O4. The lowest BCUT2D eigenvalue weighted by molar-refractivity contribution is -0.127. The second kappa shape index (κ2) is 12.8. The number of hydrogen-bond acceptors (Lipinski definition) is 7. The van der Waals surface area contributed by atoms with E-state index in [4.69, 9.17) is 4.74 Å². The summed E-state index contributed by atoms with van der Waals surface area (Å²) in [4.78, 5) is 31.3. The zero-order valence-corrected chi connectivity index (χ0v) is 26.5. The number of aliphatic hydroxyl groups is 1. The second-order valence-electron chi connectivity index (χ2n) is 14.6. The van der Waals surface area contributed by atoms with Crippen LogP contribution >= 0.6 is 0 Å². The quantitative estimate of drug-likeness (QED) is 0.307. The summed E-state index contributed by atoms with van der Waals surface area (Å²) in [5.74, 6) is 1.39. The van der Waals surface area contributed by atoms with Crippen molar-refractivity contribution >= 4 is 17.4 Å². The van der Waals surface area contributed by atoms with Crippen molar-refractivity contribution in [3.63, 3.8) is 0 Å². The van der Waals surface area contributed by atoms with Crippen LogP contribution in [0.2, 0.25) is 0 Å². The molecule has 3 N–H and O–H groups in total. The number of anilines is 1. The predicted octanol–water partition coefficient (Wildman–Crippen LogP) is 4.55. The number of rotatable bonds is 12. The zero-order chi connectivity index (χ0) is 30.1. The van der Waals surface area contributed by atoms with E-state index in [9.17, 15) is 14.7 Å².